The first kappa shape index (κ1) is 17.9. The largest absolute Gasteiger partial charge is 0.404 e. The number of halogens is 1. The molecule has 6 nitrogen and oxygen atoms in total. The van der Waals surface area contributed by atoms with Crippen molar-refractivity contribution in [1.82, 2.24) is 14.4 Å². The number of allylic oxidation sites excluding steroid dienone is 1. The van der Waals surface area contributed by atoms with E-state index in [2.05, 4.69) is 21.0 Å². The zero-order valence-electron chi connectivity index (χ0n) is 15.2. The maximum absolute atomic E-state index is 13.1. The fourth-order valence-electron chi connectivity index (χ4n) is 3.08. The molecule has 1 saturated carbocycles. The van der Waals surface area contributed by atoms with Gasteiger partial charge in [-0.05, 0) is 37.1 Å². The molecule has 3 heterocycles. The van der Waals surface area contributed by atoms with Gasteiger partial charge in [0.15, 0.2) is 0 Å². The van der Waals surface area contributed by atoms with Crippen LogP contribution in [-0.2, 0) is 0 Å². The van der Waals surface area contributed by atoms with Gasteiger partial charge >= 0.3 is 0 Å². The fraction of sp³-hybridized carbons (Fsp3) is 0.238. The minimum Gasteiger partial charge on any atom is -0.404 e. The minimum atomic E-state index is -0.347. The number of hydrogen-bond donors (Lipinski definition) is 1. The number of fused-ring (bicyclic) bond motifs is 1. The molecule has 2 N–H and O–H groups in total. The molecule has 4 rings (SSSR count). The van der Waals surface area contributed by atoms with Crippen LogP contribution in [0.15, 0.2) is 54.0 Å². The summed E-state index contributed by atoms with van der Waals surface area (Å²) in [4.78, 5) is 13.2. The van der Waals surface area contributed by atoms with Crippen LogP contribution in [0.1, 0.15) is 24.1 Å². The van der Waals surface area contributed by atoms with Crippen molar-refractivity contribution in [2.75, 3.05) is 13.2 Å². The number of nitrogens with two attached hydrogens (primary N) is 1. The summed E-state index contributed by atoms with van der Waals surface area (Å²) in [7, 11) is 0. The van der Waals surface area contributed by atoms with Crippen LogP contribution in [0.2, 0.25) is 0 Å². The van der Waals surface area contributed by atoms with Crippen LogP contribution in [-0.4, -0.2) is 33.8 Å². The Labute approximate surface area is 161 Å². The van der Waals surface area contributed by atoms with Gasteiger partial charge in [0.05, 0.1) is 12.4 Å². The Morgan fingerprint density at radius 1 is 1.36 bits per heavy atom. The SMILES string of the molecule is N#Cc1ccc(C(C=NCC2(CF)CC2)=CN)c(-c2ccn3ccnc3c2)n1. The third kappa shape index (κ3) is 3.37. The Bertz CT molecular complexity index is 1120. The highest BCUT2D eigenvalue weighted by Gasteiger charge is 2.42. The summed E-state index contributed by atoms with van der Waals surface area (Å²) >= 11 is 0. The van der Waals surface area contributed by atoms with Gasteiger partial charge in [-0.25, -0.2) is 9.97 Å². The van der Waals surface area contributed by atoms with Crippen LogP contribution >= 0.6 is 0 Å². The molecule has 0 spiro atoms. The Hall–Kier alpha value is -3.53. The number of rotatable bonds is 6. The van der Waals surface area contributed by atoms with Gasteiger partial charge in [0.1, 0.15) is 17.4 Å². The van der Waals surface area contributed by atoms with E-state index in [1.54, 1.807) is 18.5 Å². The van der Waals surface area contributed by atoms with E-state index < -0.39 is 0 Å². The van der Waals surface area contributed by atoms with E-state index in [1.165, 1.54) is 6.20 Å². The third-order valence-corrected chi connectivity index (χ3v) is 5.07. The highest BCUT2D eigenvalue weighted by molar-refractivity contribution is 6.11. The van der Waals surface area contributed by atoms with Crippen LogP contribution in [0, 0.1) is 16.7 Å². The van der Waals surface area contributed by atoms with Crippen LogP contribution in [0.25, 0.3) is 22.5 Å². The van der Waals surface area contributed by atoms with Crippen LogP contribution in [0.5, 0.6) is 0 Å². The van der Waals surface area contributed by atoms with Gasteiger partial charge in [0, 0.05) is 59.7 Å². The van der Waals surface area contributed by atoms with Crippen molar-refractivity contribution in [2.24, 2.45) is 16.1 Å². The van der Waals surface area contributed by atoms with Crippen LogP contribution in [0.4, 0.5) is 4.39 Å². The van der Waals surface area contributed by atoms with E-state index in [0.29, 0.717) is 23.5 Å². The molecule has 0 amide bonds. The minimum absolute atomic E-state index is 0.284. The molecule has 0 aliphatic heterocycles. The lowest BCUT2D eigenvalue weighted by atomic mass is 10.0. The Morgan fingerprint density at radius 2 is 2.21 bits per heavy atom. The zero-order valence-corrected chi connectivity index (χ0v) is 15.2. The quantitative estimate of drug-likeness (QED) is 0.670. The number of alkyl halides is 1. The number of aliphatic imine (C=N–C) groups is 1. The van der Waals surface area contributed by atoms with Crippen LogP contribution < -0.4 is 5.73 Å². The Morgan fingerprint density at radius 3 is 2.93 bits per heavy atom. The molecule has 7 heteroatoms. The topological polar surface area (TPSA) is 92.4 Å². The summed E-state index contributed by atoms with van der Waals surface area (Å²) in [6, 6.07) is 9.35. The second kappa shape index (κ2) is 7.24. The molecule has 0 radical (unpaired) electrons. The highest BCUT2D eigenvalue weighted by Crippen LogP contribution is 2.46. The van der Waals surface area contributed by atoms with Gasteiger partial charge in [-0.15, -0.1) is 0 Å². The number of nitrogens with zero attached hydrogens (tertiary/aromatic N) is 5. The van der Waals surface area contributed by atoms with Crippen molar-refractivity contribution in [1.29, 1.82) is 5.26 Å². The Kier molecular flexibility index (Phi) is 4.62. The molecule has 3 aromatic heterocycles. The van der Waals surface area contributed by atoms with Crippen molar-refractivity contribution in [3.63, 3.8) is 0 Å². The van der Waals surface area contributed by atoms with Crippen molar-refractivity contribution in [3.8, 4) is 17.3 Å². The molecule has 0 unspecified atom stereocenters. The lowest BCUT2D eigenvalue weighted by Crippen LogP contribution is -2.08. The van der Waals surface area contributed by atoms with Gasteiger partial charge < -0.3 is 10.1 Å². The molecule has 28 heavy (non-hydrogen) atoms. The normalized spacial score (nSPS) is 15.8. The van der Waals surface area contributed by atoms with Crippen molar-refractivity contribution in [3.05, 3.63) is 60.3 Å². The Balaban J connectivity index is 1.73. The smallest absolute Gasteiger partial charge is 0.141 e. The number of pyridine rings is 2. The van der Waals surface area contributed by atoms with Gasteiger partial charge in [-0.1, -0.05) is 0 Å². The van der Waals surface area contributed by atoms with E-state index in [9.17, 15) is 9.65 Å². The average Bonchev–Trinajstić information content (AvgIpc) is 3.37. The molecular weight excluding hydrogens is 355 g/mol. The zero-order chi connectivity index (χ0) is 19.6. The molecule has 0 bridgehead atoms. The molecule has 0 saturated heterocycles. The summed E-state index contributed by atoms with van der Waals surface area (Å²) < 4.78 is 15.0. The van der Waals surface area contributed by atoms with Crippen molar-refractivity contribution >= 4 is 17.4 Å². The number of nitriles is 1. The molecule has 1 aliphatic carbocycles. The summed E-state index contributed by atoms with van der Waals surface area (Å²) in [5, 5.41) is 9.27. The van der Waals surface area contributed by atoms with Crippen LogP contribution in [0.3, 0.4) is 0 Å². The predicted molar refractivity (Wildman–Crippen MR) is 106 cm³/mol. The maximum Gasteiger partial charge on any atom is 0.141 e. The molecular formula is C21H19FN6. The first-order valence-corrected chi connectivity index (χ1v) is 9.00. The summed E-state index contributed by atoms with van der Waals surface area (Å²) in [5.41, 5.74) is 9.53. The maximum atomic E-state index is 13.1. The van der Waals surface area contributed by atoms with Crippen molar-refractivity contribution < 1.29 is 4.39 Å². The predicted octanol–water partition coefficient (Wildman–Crippen LogP) is 3.39. The van der Waals surface area contributed by atoms with E-state index in [-0.39, 0.29) is 12.1 Å². The first-order chi connectivity index (χ1) is 13.7. The van der Waals surface area contributed by atoms with E-state index in [1.807, 2.05) is 35.0 Å². The number of hydrogen-bond acceptors (Lipinski definition) is 5. The second-order valence-corrected chi connectivity index (χ2v) is 7.04. The summed E-state index contributed by atoms with van der Waals surface area (Å²) in [6.07, 6.45) is 10.3. The third-order valence-electron chi connectivity index (χ3n) is 5.07. The van der Waals surface area contributed by atoms with E-state index >= 15 is 0 Å². The molecule has 1 aliphatic rings. The monoisotopic (exact) mass is 374 g/mol. The van der Waals surface area contributed by atoms with Gasteiger partial charge in [-0.2, -0.15) is 5.26 Å². The number of aromatic nitrogens is 3. The van der Waals surface area contributed by atoms with Crippen molar-refractivity contribution in [2.45, 2.75) is 12.8 Å². The molecule has 140 valence electrons. The lowest BCUT2D eigenvalue weighted by molar-refractivity contribution is 0.350. The molecule has 1 fully saturated rings. The summed E-state index contributed by atoms with van der Waals surface area (Å²) in [6.45, 7) is 0.0972. The second-order valence-electron chi connectivity index (χ2n) is 7.04. The number of imidazole rings is 1. The van der Waals surface area contributed by atoms with E-state index in [4.69, 9.17) is 5.73 Å². The summed E-state index contributed by atoms with van der Waals surface area (Å²) in [5.74, 6) is 0. The standard InChI is InChI=1S/C21H19FN6/c22-13-21(4-5-21)14-25-12-16(10-23)18-2-1-17(11-24)27-20(18)15-3-7-28-8-6-26-19(28)9-15/h1-3,6-10,12H,4-5,13-14,23H2. The fourth-order valence-corrected chi connectivity index (χ4v) is 3.08. The first-order valence-electron chi connectivity index (χ1n) is 9.00. The lowest BCUT2D eigenvalue weighted by Gasteiger charge is -2.11. The molecule has 0 atom stereocenters. The highest BCUT2D eigenvalue weighted by atomic mass is 19.1. The molecule has 0 aromatic carbocycles. The van der Waals surface area contributed by atoms with Gasteiger partial charge in [0.25, 0.3) is 0 Å². The van der Waals surface area contributed by atoms with E-state index in [0.717, 1.165) is 29.6 Å². The van der Waals surface area contributed by atoms with Gasteiger partial charge in [-0.3, -0.25) is 9.38 Å². The average molecular weight is 374 g/mol. The van der Waals surface area contributed by atoms with Gasteiger partial charge in [0.2, 0.25) is 0 Å². The molecule has 3 aromatic rings.